The van der Waals surface area contributed by atoms with E-state index in [0.29, 0.717) is 25.7 Å². The molecule has 0 amide bonds. The minimum atomic E-state index is -4.95. The molecule has 0 aliphatic heterocycles. The fraction of sp³-hybridized carbons (Fsp3) is 0.939. The average molecular weight is 1260 g/mol. The van der Waals surface area contributed by atoms with Gasteiger partial charge in [-0.15, -0.1) is 0 Å². The van der Waals surface area contributed by atoms with Gasteiger partial charge in [-0.05, 0) is 37.5 Å². The van der Waals surface area contributed by atoms with Crippen molar-refractivity contribution in [2.45, 2.75) is 349 Å². The number of carbonyl (C=O) groups excluding carboxylic acids is 4. The second-order valence-corrected chi connectivity index (χ2v) is 27.7. The highest BCUT2D eigenvalue weighted by atomic mass is 31.2. The van der Waals surface area contributed by atoms with E-state index in [4.69, 9.17) is 37.0 Å². The van der Waals surface area contributed by atoms with Crippen LogP contribution >= 0.6 is 15.6 Å². The monoisotopic (exact) mass is 1250 g/mol. The zero-order valence-electron chi connectivity index (χ0n) is 54.9. The first-order valence-electron chi connectivity index (χ1n) is 34.5. The molecule has 0 rings (SSSR count). The molecule has 504 valence electrons. The van der Waals surface area contributed by atoms with Crippen molar-refractivity contribution >= 4 is 39.5 Å². The van der Waals surface area contributed by atoms with Gasteiger partial charge in [0.1, 0.15) is 19.3 Å². The van der Waals surface area contributed by atoms with Crippen LogP contribution < -0.4 is 0 Å². The third-order valence-electron chi connectivity index (χ3n) is 15.2. The van der Waals surface area contributed by atoms with E-state index >= 15 is 0 Å². The van der Waals surface area contributed by atoms with Crippen molar-refractivity contribution in [3.63, 3.8) is 0 Å². The Morgan fingerprint density at radius 1 is 0.318 bits per heavy atom. The van der Waals surface area contributed by atoms with Crippen LogP contribution in [0.5, 0.6) is 0 Å². The van der Waals surface area contributed by atoms with E-state index in [1.807, 2.05) is 0 Å². The molecule has 0 radical (unpaired) electrons. The number of phosphoric acid groups is 2. The summed E-state index contributed by atoms with van der Waals surface area (Å²) in [6.07, 6.45) is 42.0. The molecule has 0 heterocycles. The standard InChI is InChI=1S/C66H128O17P2/c1-7-9-11-13-14-15-16-17-18-19-20-27-32-38-44-50-65(70)83-62(55-77-64(69)49-43-37-31-26-22-21-24-29-35-40-46-58(3)4)57-81-85(74,75)79-53-60(67)52-78-84(72,73)80-56-61(54-76-63(68)48-42-34-12-10-8-2)82-66(71)51-45-39-33-28-23-25-30-36-41-47-59(5)6/h58-62,67H,7-57H2,1-6H3,(H,72,73)(H,74,75)/t60-,61+,62+/m0/s1. The van der Waals surface area contributed by atoms with Gasteiger partial charge in [-0.1, -0.05) is 279 Å². The van der Waals surface area contributed by atoms with E-state index in [2.05, 4.69) is 41.5 Å². The van der Waals surface area contributed by atoms with Crippen molar-refractivity contribution in [3.8, 4) is 0 Å². The Morgan fingerprint density at radius 3 is 0.800 bits per heavy atom. The topological polar surface area (TPSA) is 237 Å². The SMILES string of the molecule is CCCCCCCCCCCCCCCCCC(=O)O[C@H](COC(=O)CCCCCCCCCCCCC(C)C)COP(=O)(O)OC[C@@H](O)COP(=O)(O)OC[C@@H](COC(=O)CCCCCCC)OC(=O)CCCCCCCCCCCC(C)C. The minimum Gasteiger partial charge on any atom is -0.462 e. The van der Waals surface area contributed by atoms with Crippen LogP contribution in [0.1, 0.15) is 330 Å². The van der Waals surface area contributed by atoms with Crippen LogP contribution in [0.15, 0.2) is 0 Å². The van der Waals surface area contributed by atoms with Crippen LogP contribution in [0.4, 0.5) is 0 Å². The number of carbonyl (C=O) groups is 4. The molecule has 0 fully saturated rings. The van der Waals surface area contributed by atoms with Crippen LogP contribution in [-0.4, -0.2) is 96.7 Å². The fourth-order valence-corrected chi connectivity index (χ4v) is 11.5. The normalized spacial score (nSPS) is 14.2. The van der Waals surface area contributed by atoms with E-state index in [1.165, 1.54) is 141 Å². The Bertz CT molecular complexity index is 1670. The lowest BCUT2D eigenvalue weighted by molar-refractivity contribution is -0.161. The van der Waals surface area contributed by atoms with Gasteiger partial charge >= 0.3 is 39.5 Å². The maximum absolute atomic E-state index is 13.0. The van der Waals surface area contributed by atoms with Crippen molar-refractivity contribution in [1.82, 2.24) is 0 Å². The van der Waals surface area contributed by atoms with Gasteiger partial charge in [-0.3, -0.25) is 37.3 Å². The number of rotatable bonds is 65. The molecule has 0 aromatic rings. The summed E-state index contributed by atoms with van der Waals surface area (Å²) in [6, 6.07) is 0. The van der Waals surface area contributed by atoms with Gasteiger partial charge in [0.05, 0.1) is 26.4 Å². The van der Waals surface area contributed by atoms with Crippen LogP contribution in [0, 0.1) is 11.8 Å². The molecule has 0 aliphatic carbocycles. The van der Waals surface area contributed by atoms with Gasteiger partial charge in [0.15, 0.2) is 12.2 Å². The quantitative estimate of drug-likeness (QED) is 0.0222. The fourth-order valence-electron chi connectivity index (χ4n) is 9.88. The first-order chi connectivity index (χ1) is 40.9. The molecule has 0 aliphatic rings. The molecule has 5 atom stereocenters. The van der Waals surface area contributed by atoms with Crippen molar-refractivity contribution in [3.05, 3.63) is 0 Å². The molecular weight excluding hydrogens is 1130 g/mol. The Kier molecular flexibility index (Phi) is 57.1. The number of esters is 4. The number of aliphatic hydroxyl groups is 1. The van der Waals surface area contributed by atoms with E-state index in [0.717, 1.165) is 108 Å². The predicted octanol–water partition coefficient (Wildman–Crippen LogP) is 18.4. The molecular formula is C66H128O17P2. The van der Waals surface area contributed by atoms with Crippen molar-refractivity contribution < 1.29 is 80.2 Å². The van der Waals surface area contributed by atoms with Gasteiger partial charge in [0, 0.05) is 25.7 Å². The summed E-state index contributed by atoms with van der Waals surface area (Å²) in [4.78, 5) is 72.1. The van der Waals surface area contributed by atoms with Crippen molar-refractivity contribution in [1.29, 1.82) is 0 Å². The lowest BCUT2D eigenvalue weighted by Crippen LogP contribution is -2.30. The Labute approximate surface area is 517 Å². The smallest absolute Gasteiger partial charge is 0.462 e. The highest BCUT2D eigenvalue weighted by Gasteiger charge is 2.30. The summed E-state index contributed by atoms with van der Waals surface area (Å²) >= 11 is 0. The number of ether oxygens (including phenoxy) is 4. The van der Waals surface area contributed by atoms with Crippen LogP contribution in [-0.2, 0) is 65.4 Å². The maximum atomic E-state index is 13.0. The van der Waals surface area contributed by atoms with Gasteiger partial charge < -0.3 is 33.8 Å². The lowest BCUT2D eigenvalue weighted by Gasteiger charge is -2.21. The summed E-state index contributed by atoms with van der Waals surface area (Å²) in [7, 11) is -9.88. The van der Waals surface area contributed by atoms with Crippen molar-refractivity contribution in [2.24, 2.45) is 11.8 Å². The van der Waals surface area contributed by atoms with E-state index in [9.17, 15) is 43.2 Å². The summed E-state index contributed by atoms with van der Waals surface area (Å²) < 4.78 is 67.9. The number of hydrogen-bond donors (Lipinski definition) is 3. The van der Waals surface area contributed by atoms with Crippen molar-refractivity contribution in [2.75, 3.05) is 39.6 Å². The average Bonchev–Trinajstić information content (AvgIpc) is 3.49. The summed E-state index contributed by atoms with van der Waals surface area (Å²) in [5.74, 6) is -0.645. The Hall–Kier alpha value is -1.94. The molecule has 0 aromatic carbocycles. The van der Waals surface area contributed by atoms with Gasteiger partial charge in [0.2, 0.25) is 0 Å². The molecule has 0 saturated heterocycles. The zero-order chi connectivity index (χ0) is 62.9. The molecule has 2 unspecified atom stereocenters. The first kappa shape index (κ1) is 83.1. The predicted molar refractivity (Wildman–Crippen MR) is 340 cm³/mol. The molecule has 3 N–H and O–H groups in total. The highest BCUT2D eigenvalue weighted by molar-refractivity contribution is 7.47. The molecule has 0 spiro atoms. The minimum absolute atomic E-state index is 0.104. The van der Waals surface area contributed by atoms with Crippen LogP contribution in [0.3, 0.4) is 0 Å². The van der Waals surface area contributed by atoms with Gasteiger partial charge in [0.25, 0.3) is 0 Å². The van der Waals surface area contributed by atoms with Gasteiger partial charge in [-0.2, -0.15) is 0 Å². The van der Waals surface area contributed by atoms with E-state index in [1.54, 1.807) is 0 Å². The lowest BCUT2D eigenvalue weighted by atomic mass is 10.0. The number of hydrogen-bond acceptors (Lipinski definition) is 15. The second kappa shape index (κ2) is 58.4. The molecule has 19 heteroatoms. The summed E-state index contributed by atoms with van der Waals surface area (Å²) in [5.41, 5.74) is 0. The van der Waals surface area contributed by atoms with Crippen LogP contribution in [0.2, 0.25) is 0 Å². The van der Waals surface area contributed by atoms with Gasteiger partial charge in [-0.25, -0.2) is 9.13 Å². The van der Waals surface area contributed by atoms with Crippen LogP contribution in [0.25, 0.3) is 0 Å². The molecule has 0 bridgehead atoms. The van der Waals surface area contributed by atoms with E-state index in [-0.39, 0.29) is 25.7 Å². The van der Waals surface area contributed by atoms with E-state index < -0.39 is 97.5 Å². The molecule has 17 nitrogen and oxygen atoms in total. The number of phosphoric ester groups is 2. The molecule has 0 saturated carbocycles. The molecule has 0 aromatic heterocycles. The zero-order valence-corrected chi connectivity index (χ0v) is 56.7. The second-order valence-electron chi connectivity index (χ2n) is 24.8. The highest BCUT2D eigenvalue weighted by Crippen LogP contribution is 2.45. The first-order valence-corrected chi connectivity index (χ1v) is 37.5. The molecule has 85 heavy (non-hydrogen) atoms. The summed E-state index contributed by atoms with van der Waals surface area (Å²) in [5, 5.41) is 10.5. The third-order valence-corrected chi connectivity index (χ3v) is 17.1. The Balaban J connectivity index is 5.18. The summed E-state index contributed by atoms with van der Waals surface area (Å²) in [6.45, 7) is 9.40. The maximum Gasteiger partial charge on any atom is 0.472 e. The number of unbranched alkanes of at least 4 members (excludes halogenated alkanes) is 35. The largest absolute Gasteiger partial charge is 0.472 e. The Morgan fingerprint density at radius 2 is 0.541 bits per heavy atom. The number of aliphatic hydroxyl groups excluding tert-OH is 1. The third kappa shape index (κ3) is 60.7.